The monoisotopic (exact) mass is 340 g/mol. The molecule has 1 aromatic carbocycles. The van der Waals surface area contributed by atoms with Gasteiger partial charge in [-0.2, -0.15) is 5.26 Å². The SMILES string of the molecule is N#Cc1ccc(Br)cc1NCCc1ccc(Cl)s1. The Balaban J connectivity index is 1.98. The lowest BCUT2D eigenvalue weighted by Crippen LogP contribution is -2.05. The molecule has 0 saturated heterocycles. The Bertz CT molecular complexity index is 589. The minimum atomic E-state index is 0.655. The summed E-state index contributed by atoms with van der Waals surface area (Å²) in [5, 5.41) is 12.3. The van der Waals surface area contributed by atoms with Crippen LogP contribution in [0.1, 0.15) is 10.4 Å². The third kappa shape index (κ3) is 3.49. The van der Waals surface area contributed by atoms with E-state index in [2.05, 4.69) is 27.3 Å². The quantitative estimate of drug-likeness (QED) is 0.875. The molecule has 0 fully saturated rings. The normalized spacial score (nSPS) is 10.1. The van der Waals surface area contributed by atoms with Crippen LogP contribution in [-0.2, 0) is 6.42 Å². The van der Waals surface area contributed by atoms with Gasteiger partial charge in [-0.15, -0.1) is 11.3 Å². The van der Waals surface area contributed by atoms with E-state index in [-0.39, 0.29) is 0 Å². The molecule has 5 heteroatoms. The van der Waals surface area contributed by atoms with E-state index in [9.17, 15) is 0 Å². The van der Waals surface area contributed by atoms with Crippen molar-refractivity contribution in [3.63, 3.8) is 0 Å². The molecular formula is C13H10BrClN2S. The zero-order chi connectivity index (χ0) is 13.0. The summed E-state index contributed by atoms with van der Waals surface area (Å²) in [4.78, 5) is 1.24. The van der Waals surface area contributed by atoms with Crippen LogP contribution in [0.4, 0.5) is 5.69 Å². The summed E-state index contributed by atoms with van der Waals surface area (Å²) in [6.45, 7) is 0.780. The average molecular weight is 342 g/mol. The van der Waals surface area contributed by atoms with Gasteiger partial charge in [0.1, 0.15) is 6.07 Å². The standard InChI is InChI=1S/C13H10BrClN2S/c14-10-2-1-9(8-16)12(7-10)17-6-5-11-3-4-13(15)18-11/h1-4,7,17H,5-6H2. The van der Waals surface area contributed by atoms with Crippen molar-refractivity contribution in [3.05, 3.63) is 49.6 Å². The van der Waals surface area contributed by atoms with E-state index in [4.69, 9.17) is 16.9 Å². The van der Waals surface area contributed by atoms with Gasteiger partial charge in [0.15, 0.2) is 0 Å². The van der Waals surface area contributed by atoms with E-state index >= 15 is 0 Å². The Kier molecular flexibility index (Phi) is 4.65. The molecule has 0 atom stereocenters. The second-order valence-electron chi connectivity index (χ2n) is 3.68. The molecule has 0 aliphatic rings. The Labute approximate surface area is 123 Å². The first-order chi connectivity index (χ1) is 8.69. The third-order valence-corrected chi connectivity index (χ3v) is 4.20. The molecule has 92 valence electrons. The highest BCUT2D eigenvalue weighted by molar-refractivity contribution is 9.10. The van der Waals surface area contributed by atoms with Crippen LogP contribution in [0.25, 0.3) is 0 Å². The molecule has 0 spiro atoms. The molecule has 0 aliphatic carbocycles. The van der Waals surface area contributed by atoms with Crippen LogP contribution in [-0.4, -0.2) is 6.54 Å². The van der Waals surface area contributed by atoms with Gasteiger partial charge < -0.3 is 5.32 Å². The van der Waals surface area contributed by atoms with Crippen LogP contribution in [0, 0.1) is 11.3 Å². The van der Waals surface area contributed by atoms with Crippen LogP contribution in [0.2, 0.25) is 4.34 Å². The first kappa shape index (κ1) is 13.4. The van der Waals surface area contributed by atoms with Gasteiger partial charge in [-0.25, -0.2) is 0 Å². The van der Waals surface area contributed by atoms with Gasteiger partial charge >= 0.3 is 0 Å². The van der Waals surface area contributed by atoms with Gasteiger partial charge in [0, 0.05) is 15.9 Å². The van der Waals surface area contributed by atoms with E-state index in [1.54, 1.807) is 17.4 Å². The van der Waals surface area contributed by atoms with E-state index in [1.165, 1.54) is 4.88 Å². The van der Waals surface area contributed by atoms with Crippen molar-refractivity contribution in [3.8, 4) is 6.07 Å². The second kappa shape index (κ2) is 6.24. The number of hydrogen-bond acceptors (Lipinski definition) is 3. The Morgan fingerprint density at radius 3 is 2.83 bits per heavy atom. The predicted octanol–water partition coefficient (Wildman–Crippen LogP) is 4.69. The molecule has 0 aliphatic heterocycles. The number of hydrogen-bond donors (Lipinski definition) is 1. The Morgan fingerprint density at radius 2 is 2.17 bits per heavy atom. The lowest BCUT2D eigenvalue weighted by molar-refractivity contribution is 1.04. The lowest BCUT2D eigenvalue weighted by Gasteiger charge is -2.07. The largest absolute Gasteiger partial charge is 0.384 e. The molecule has 2 aromatic rings. The van der Waals surface area contributed by atoms with E-state index < -0.39 is 0 Å². The van der Waals surface area contributed by atoms with Crippen LogP contribution in [0.15, 0.2) is 34.8 Å². The molecule has 1 aromatic heterocycles. The van der Waals surface area contributed by atoms with Gasteiger partial charge in [-0.3, -0.25) is 0 Å². The number of anilines is 1. The molecule has 1 heterocycles. The molecular weight excluding hydrogens is 332 g/mol. The number of benzene rings is 1. The van der Waals surface area contributed by atoms with Crippen molar-refractivity contribution in [2.75, 3.05) is 11.9 Å². The lowest BCUT2D eigenvalue weighted by atomic mass is 10.2. The number of nitriles is 1. The maximum absolute atomic E-state index is 9.01. The summed E-state index contributed by atoms with van der Waals surface area (Å²) in [7, 11) is 0. The number of halogens is 2. The van der Waals surface area contributed by atoms with Crippen LogP contribution >= 0.6 is 38.9 Å². The fraction of sp³-hybridized carbons (Fsp3) is 0.154. The molecule has 18 heavy (non-hydrogen) atoms. The van der Waals surface area contributed by atoms with E-state index in [1.807, 2.05) is 24.3 Å². The summed E-state index contributed by atoms with van der Waals surface area (Å²) in [6.07, 6.45) is 0.898. The number of rotatable bonds is 4. The Hall–Kier alpha value is -1.02. The van der Waals surface area contributed by atoms with E-state index in [0.29, 0.717) is 5.56 Å². The highest BCUT2D eigenvalue weighted by atomic mass is 79.9. The molecule has 0 amide bonds. The highest BCUT2D eigenvalue weighted by Crippen LogP contribution is 2.23. The highest BCUT2D eigenvalue weighted by Gasteiger charge is 2.03. The smallest absolute Gasteiger partial charge is 0.101 e. The van der Waals surface area contributed by atoms with E-state index in [0.717, 1.165) is 27.5 Å². The summed E-state index contributed by atoms with van der Waals surface area (Å²) < 4.78 is 1.77. The summed E-state index contributed by atoms with van der Waals surface area (Å²) in [5.74, 6) is 0. The maximum atomic E-state index is 9.01. The minimum absolute atomic E-state index is 0.655. The molecule has 2 rings (SSSR count). The third-order valence-electron chi connectivity index (χ3n) is 2.42. The Morgan fingerprint density at radius 1 is 1.33 bits per heavy atom. The number of nitrogens with one attached hydrogen (secondary N) is 1. The first-order valence-electron chi connectivity index (χ1n) is 5.37. The van der Waals surface area contributed by atoms with Crippen molar-refractivity contribution >= 4 is 44.6 Å². The van der Waals surface area contributed by atoms with Gasteiger partial charge in [0.2, 0.25) is 0 Å². The van der Waals surface area contributed by atoms with Crippen LogP contribution in [0.3, 0.4) is 0 Å². The molecule has 0 radical (unpaired) electrons. The summed E-state index contributed by atoms with van der Waals surface area (Å²) in [6, 6.07) is 11.7. The molecule has 0 bridgehead atoms. The van der Waals surface area contributed by atoms with Gasteiger partial charge in [-0.05, 0) is 36.8 Å². The molecule has 2 nitrogen and oxygen atoms in total. The van der Waals surface area contributed by atoms with Crippen molar-refractivity contribution < 1.29 is 0 Å². The van der Waals surface area contributed by atoms with Crippen LogP contribution in [0.5, 0.6) is 0 Å². The number of thiophene rings is 1. The van der Waals surface area contributed by atoms with Crippen molar-refractivity contribution in [2.24, 2.45) is 0 Å². The zero-order valence-electron chi connectivity index (χ0n) is 9.41. The maximum Gasteiger partial charge on any atom is 0.101 e. The second-order valence-corrected chi connectivity index (χ2v) is 6.40. The topological polar surface area (TPSA) is 35.8 Å². The number of nitrogens with zero attached hydrogens (tertiary/aromatic N) is 1. The summed E-state index contributed by atoms with van der Waals surface area (Å²) >= 11 is 10.9. The van der Waals surface area contributed by atoms with Crippen LogP contribution < -0.4 is 5.32 Å². The average Bonchev–Trinajstić information content (AvgIpc) is 2.75. The summed E-state index contributed by atoms with van der Waals surface area (Å²) in [5.41, 5.74) is 1.51. The van der Waals surface area contributed by atoms with Crippen molar-refractivity contribution in [1.82, 2.24) is 0 Å². The van der Waals surface area contributed by atoms with Crippen molar-refractivity contribution in [1.29, 1.82) is 5.26 Å². The first-order valence-corrected chi connectivity index (χ1v) is 7.35. The van der Waals surface area contributed by atoms with Gasteiger partial charge in [-0.1, -0.05) is 27.5 Å². The fourth-order valence-electron chi connectivity index (χ4n) is 1.57. The predicted molar refractivity (Wildman–Crippen MR) is 80.4 cm³/mol. The molecule has 0 saturated carbocycles. The van der Waals surface area contributed by atoms with Gasteiger partial charge in [0.05, 0.1) is 15.6 Å². The molecule has 1 N–H and O–H groups in total. The fourth-order valence-corrected chi connectivity index (χ4v) is 3.01. The molecule has 0 unspecified atom stereocenters. The zero-order valence-corrected chi connectivity index (χ0v) is 12.6. The van der Waals surface area contributed by atoms with Crippen molar-refractivity contribution in [2.45, 2.75) is 6.42 Å². The van der Waals surface area contributed by atoms with Gasteiger partial charge in [0.25, 0.3) is 0 Å². The minimum Gasteiger partial charge on any atom is -0.384 e.